The van der Waals surface area contributed by atoms with Gasteiger partial charge in [0, 0.05) is 30.9 Å². The van der Waals surface area contributed by atoms with Crippen LogP contribution in [0, 0.1) is 0 Å². The molecule has 1 atom stereocenters. The van der Waals surface area contributed by atoms with Gasteiger partial charge in [0.2, 0.25) is 0 Å². The third-order valence-corrected chi connectivity index (χ3v) is 5.17. The van der Waals surface area contributed by atoms with Gasteiger partial charge in [-0.05, 0) is 45.4 Å². The van der Waals surface area contributed by atoms with Crippen LogP contribution < -0.4 is 10.3 Å². The number of ether oxygens (including phenoxy) is 1. The summed E-state index contributed by atoms with van der Waals surface area (Å²) in [7, 11) is 1.54. The number of likely N-dealkylation sites (tertiary alicyclic amines) is 1. The number of amides is 1. The number of rotatable bonds is 2. The van der Waals surface area contributed by atoms with Crippen molar-refractivity contribution < 1.29 is 9.53 Å². The van der Waals surface area contributed by atoms with E-state index >= 15 is 0 Å². The second-order valence-corrected chi connectivity index (χ2v) is 6.68. The summed E-state index contributed by atoms with van der Waals surface area (Å²) in [5.74, 6) is 0.464. The van der Waals surface area contributed by atoms with Crippen molar-refractivity contribution in [2.45, 2.75) is 64.5 Å². The lowest BCUT2D eigenvalue weighted by atomic mass is 10.00. The molecule has 2 aliphatic heterocycles. The summed E-state index contributed by atoms with van der Waals surface area (Å²) in [4.78, 5) is 27.5. The third kappa shape index (κ3) is 3.01. The van der Waals surface area contributed by atoms with Gasteiger partial charge in [-0.1, -0.05) is 6.42 Å². The van der Waals surface area contributed by atoms with Crippen molar-refractivity contribution in [2.75, 3.05) is 13.7 Å². The van der Waals surface area contributed by atoms with Gasteiger partial charge in [-0.15, -0.1) is 0 Å². The Kier molecular flexibility index (Phi) is 4.74. The van der Waals surface area contributed by atoms with Crippen molar-refractivity contribution >= 4 is 5.91 Å². The van der Waals surface area contributed by atoms with Crippen LogP contribution in [0.5, 0.6) is 5.75 Å². The lowest BCUT2D eigenvalue weighted by Crippen LogP contribution is -2.43. The quantitative estimate of drug-likeness (QED) is 0.842. The molecule has 1 saturated heterocycles. The van der Waals surface area contributed by atoms with Crippen LogP contribution in [0.2, 0.25) is 0 Å². The highest BCUT2D eigenvalue weighted by molar-refractivity contribution is 5.98. The van der Waals surface area contributed by atoms with Crippen molar-refractivity contribution in [3.63, 3.8) is 0 Å². The van der Waals surface area contributed by atoms with Crippen molar-refractivity contribution in [2.24, 2.45) is 0 Å². The molecule has 126 valence electrons. The fourth-order valence-corrected chi connectivity index (χ4v) is 3.85. The Morgan fingerprint density at radius 3 is 2.70 bits per heavy atom. The van der Waals surface area contributed by atoms with Gasteiger partial charge in [-0.2, -0.15) is 0 Å². The number of nitrogens with zero attached hydrogens (tertiary/aromatic N) is 2. The van der Waals surface area contributed by atoms with E-state index in [4.69, 9.17) is 4.74 Å². The van der Waals surface area contributed by atoms with Gasteiger partial charge in [-0.3, -0.25) is 9.59 Å². The van der Waals surface area contributed by atoms with E-state index in [2.05, 4.69) is 6.92 Å². The molecule has 1 aromatic rings. The summed E-state index contributed by atoms with van der Waals surface area (Å²) in [5.41, 5.74) is 1.43. The number of carbonyl (C=O) groups excluding carboxylic acids is 1. The zero-order valence-corrected chi connectivity index (χ0v) is 14.1. The third-order valence-electron chi connectivity index (χ3n) is 5.17. The minimum absolute atomic E-state index is 0.0275. The van der Waals surface area contributed by atoms with Gasteiger partial charge in [0.05, 0.1) is 7.11 Å². The zero-order valence-electron chi connectivity index (χ0n) is 14.1. The summed E-state index contributed by atoms with van der Waals surface area (Å²) in [5, 5.41) is 0. The van der Waals surface area contributed by atoms with Crippen LogP contribution in [0.15, 0.2) is 10.9 Å². The van der Waals surface area contributed by atoms with Crippen LogP contribution in [0.3, 0.4) is 0 Å². The summed E-state index contributed by atoms with van der Waals surface area (Å²) < 4.78 is 7.21. The lowest BCUT2D eigenvalue weighted by molar-refractivity contribution is 0.0629. The molecular formula is C18H26N2O3. The summed E-state index contributed by atoms with van der Waals surface area (Å²) in [6.45, 7) is 3.60. The molecular weight excluding hydrogens is 292 g/mol. The number of aromatic nitrogens is 1. The van der Waals surface area contributed by atoms with Crippen LogP contribution in [-0.2, 0) is 13.0 Å². The Morgan fingerprint density at radius 1 is 1.17 bits per heavy atom. The molecule has 0 radical (unpaired) electrons. The Hall–Kier alpha value is -1.78. The molecule has 1 aromatic heterocycles. The standard InChI is InChI=1S/C18H26N2O3/c1-13-8-5-7-10-19(13)18(22)17-14-9-4-3-6-11-20(14)16(21)12-15(17)23-2/h12-13H,3-11H2,1-2H3/t13-/m0/s1. The van der Waals surface area contributed by atoms with Gasteiger partial charge >= 0.3 is 0 Å². The first kappa shape index (κ1) is 16.1. The molecule has 3 heterocycles. The van der Waals surface area contributed by atoms with Gasteiger partial charge < -0.3 is 14.2 Å². The molecule has 3 rings (SSSR count). The van der Waals surface area contributed by atoms with Crippen LogP contribution in [0.25, 0.3) is 0 Å². The molecule has 0 saturated carbocycles. The van der Waals surface area contributed by atoms with Crippen LogP contribution >= 0.6 is 0 Å². The molecule has 0 unspecified atom stereocenters. The van der Waals surface area contributed by atoms with Crippen LogP contribution in [0.1, 0.15) is 61.5 Å². The maximum atomic E-state index is 13.2. The zero-order chi connectivity index (χ0) is 16.4. The van der Waals surface area contributed by atoms with E-state index < -0.39 is 0 Å². The topological polar surface area (TPSA) is 51.5 Å². The Bertz CT molecular complexity index is 650. The molecule has 5 nitrogen and oxygen atoms in total. The fraction of sp³-hybridized carbons (Fsp3) is 0.667. The molecule has 0 N–H and O–H groups in total. The second-order valence-electron chi connectivity index (χ2n) is 6.68. The van der Waals surface area contributed by atoms with Crippen molar-refractivity contribution in [3.8, 4) is 5.75 Å². The lowest BCUT2D eigenvalue weighted by Gasteiger charge is -2.34. The van der Waals surface area contributed by atoms with Gasteiger partial charge in [0.25, 0.3) is 11.5 Å². The fourth-order valence-electron chi connectivity index (χ4n) is 3.85. The normalized spacial score (nSPS) is 21.5. The number of carbonyl (C=O) groups is 1. The maximum Gasteiger partial charge on any atom is 0.259 e. The number of methoxy groups -OCH3 is 1. The second kappa shape index (κ2) is 6.77. The van der Waals surface area contributed by atoms with E-state index in [1.807, 2.05) is 4.90 Å². The first-order chi connectivity index (χ1) is 11.1. The molecule has 0 bridgehead atoms. The smallest absolute Gasteiger partial charge is 0.259 e. The molecule has 0 aliphatic carbocycles. The van der Waals surface area contributed by atoms with E-state index in [0.29, 0.717) is 17.9 Å². The molecule has 0 spiro atoms. The number of pyridine rings is 1. The van der Waals surface area contributed by atoms with E-state index in [1.54, 1.807) is 11.7 Å². The van der Waals surface area contributed by atoms with Crippen LogP contribution in [-0.4, -0.2) is 35.1 Å². The largest absolute Gasteiger partial charge is 0.496 e. The molecule has 0 aromatic carbocycles. The van der Waals surface area contributed by atoms with Gasteiger partial charge in [0.15, 0.2) is 0 Å². The minimum atomic E-state index is -0.0537. The highest BCUT2D eigenvalue weighted by atomic mass is 16.5. The van der Waals surface area contributed by atoms with E-state index in [1.165, 1.54) is 12.5 Å². The maximum absolute atomic E-state index is 13.2. The number of piperidine rings is 1. The average Bonchev–Trinajstić information content (AvgIpc) is 2.81. The number of hydrogen-bond donors (Lipinski definition) is 0. The van der Waals surface area contributed by atoms with Crippen molar-refractivity contribution in [3.05, 3.63) is 27.7 Å². The Labute approximate surface area is 137 Å². The van der Waals surface area contributed by atoms with Gasteiger partial charge in [0.1, 0.15) is 11.3 Å². The highest BCUT2D eigenvalue weighted by Crippen LogP contribution is 2.28. The van der Waals surface area contributed by atoms with Crippen molar-refractivity contribution in [1.82, 2.24) is 9.47 Å². The van der Waals surface area contributed by atoms with E-state index in [-0.39, 0.29) is 17.5 Å². The first-order valence-electron chi connectivity index (χ1n) is 8.75. The predicted octanol–water partition coefficient (Wildman–Crippen LogP) is 2.60. The molecule has 1 amide bonds. The monoisotopic (exact) mass is 318 g/mol. The molecule has 2 aliphatic rings. The Morgan fingerprint density at radius 2 is 1.96 bits per heavy atom. The molecule has 23 heavy (non-hydrogen) atoms. The SMILES string of the molecule is COc1cc(=O)n2c(c1C(=O)N1CCCC[C@@H]1C)CCCCC2. The van der Waals surface area contributed by atoms with E-state index in [0.717, 1.165) is 50.8 Å². The van der Waals surface area contributed by atoms with Gasteiger partial charge in [-0.25, -0.2) is 0 Å². The predicted molar refractivity (Wildman–Crippen MR) is 89.2 cm³/mol. The average molecular weight is 318 g/mol. The van der Waals surface area contributed by atoms with Crippen LogP contribution in [0.4, 0.5) is 0 Å². The first-order valence-corrected chi connectivity index (χ1v) is 8.75. The molecule has 1 fully saturated rings. The summed E-state index contributed by atoms with van der Waals surface area (Å²) >= 11 is 0. The molecule has 5 heteroatoms. The van der Waals surface area contributed by atoms with Crippen molar-refractivity contribution in [1.29, 1.82) is 0 Å². The highest BCUT2D eigenvalue weighted by Gasteiger charge is 2.30. The summed E-state index contributed by atoms with van der Waals surface area (Å²) in [6.07, 6.45) is 7.15. The Balaban J connectivity index is 2.09. The summed E-state index contributed by atoms with van der Waals surface area (Å²) in [6, 6.07) is 1.73. The minimum Gasteiger partial charge on any atom is -0.496 e. The number of fused-ring (bicyclic) bond motifs is 1. The number of hydrogen-bond acceptors (Lipinski definition) is 3. The van der Waals surface area contributed by atoms with E-state index in [9.17, 15) is 9.59 Å².